The molecule has 1 aliphatic rings. The van der Waals surface area contributed by atoms with Crippen LogP contribution in [0.25, 0.3) is 0 Å². The fourth-order valence-electron chi connectivity index (χ4n) is 4.41. The summed E-state index contributed by atoms with van der Waals surface area (Å²) in [5, 5.41) is 2.02. The Morgan fingerprint density at radius 2 is 1.41 bits per heavy atom. The third-order valence-corrected chi connectivity index (χ3v) is 19.7. The topological polar surface area (TPSA) is 35.5 Å². The molecular weight excluding hydrogens is 532 g/mol. The van der Waals surface area contributed by atoms with Crippen molar-refractivity contribution < 1.29 is 13.4 Å². The van der Waals surface area contributed by atoms with Gasteiger partial charge in [-0.2, -0.15) is 0 Å². The first-order valence-electron chi connectivity index (χ1n) is 14.3. The van der Waals surface area contributed by atoms with Gasteiger partial charge in [-0.3, -0.25) is 0 Å². The molecule has 0 aliphatic heterocycles. The second-order valence-corrected chi connectivity index (χ2v) is 25.1. The third kappa shape index (κ3) is 7.77. The Labute approximate surface area is 241 Å². The molecule has 3 nitrogen and oxygen atoms in total. The van der Waals surface area contributed by atoms with Gasteiger partial charge in [-0.15, -0.1) is 0 Å². The maximum atomic E-state index is 13.5. The smallest absolute Gasteiger partial charge is 0.413 e. The predicted octanol–water partition coefficient (Wildman–Crippen LogP) is 9.06. The van der Waals surface area contributed by atoms with Gasteiger partial charge in [0.1, 0.15) is 0 Å². The molecule has 0 heterocycles. The second-order valence-electron chi connectivity index (χ2n) is 14.0. The van der Waals surface area contributed by atoms with Crippen molar-refractivity contribution >= 4 is 35.0 Å². The fraction of sp³-hybridized carbons (Fsp3) is 0.515. The van der Waals surface area contributed by atoms with E-state index in [1.165, 1.54) is 5.57 Å². The van der Waals surface area contributed by atoms with Crippen molar-refractivity contribution in [1.29, 1.82) is 0 Å². The second kappa shape index (κ2) is 12.1. The summed E-state index contributed by atoms with van der Waals surface area (Å²) in [6, 6.07) is 17.9. The lowest BCUT2D eigenvalue weighted by Crippen LogP contribution is -2.49. The van der Waals surface area contributed by atoms with Gasteiger partial charge in [-0.05, 0) is 78.5 Å². The van der Waals surface area contributed by atoms with Crippen LogP contribution < -0.4 is 10.6 Å². The van der Waals surface area contributed by atoms with E-state index in [-0.39, 0.29) is 22.3 Å². The van der Waals surface area contributed by atoms with E-state index >= 15 is 0 Å². The van der Waals surface area contributed by atoms with Crippen LogP contribution in [0, 0.1) is 0 Å². The van der Waals surface area contributed by atoms with Crippen molar-refractivity contribution in [2.75, 3.05) is 0 Å². The lowest BCUT2D eigenvalue weighted by Gasteiger charge is -2.45. The molecule has 2 aromatic carbocycles. The van der Waals surface area contributed by atoms with Gasteiger partial charge in [0.25, 0.3) is 0 Å². The average molecular weight is 582 g/mol. The third-order valence-electron chi connectivity index (χ3n) is 9.01. The molecule has 0 bridgehead atoms. The van der Waals surface area contributed by atoms with Crippen LogP contribution in [-0.2, 0) is 19.8 Å². The summed E-state index contributed by atoms with van der Waals surface area (Å²) >= 11 is 0. The standard InChI is InChI=1S/C33H50O3PSi2/c1-25-27(22-21-26-17-15-16-20-31(26)37(34)29-18-13-12-14-19-29)23-28(35-38(8,9)32(2,3)4)24-30(25)36-39(10,11)33(5,6)7/h12-20,22,28,30H,1,21,23-24H2,2-11H3/q+1/t28-,30+/m0/s1. The molecule has 3 rings (SSSR count). The van der Waals surface area contributed by atoms with E-state index in [9.17, 15) is 4.57 Å². The Balaban J connectivity index is 1.93. The summed E-state index contributed by atoms with van der Waals surface area (Å²) < 4.78 is 27.4. The highest BCUT2D eigenvalue weighted by Gasteiger charge is 2.44. The summed E-state index contributed by atoms with van der Waals surface area (Å²) in [4.78, 5) is 0. The van der Waals surface area contributed by atoms with Crippen LogP contribution in [0.3, 0.4) is 0 Å². The molecule has 1 fully saturated rings. The van der Waals surface area contributed by atoms with Gasteiger partial charge in [-0.25, -0.2) is 0 Å². The molecule has 3 atom stereocenters. The molecule has 0 saturated heterocycles. The Morgan fingerprint density at radius 1 is 0.872 bits per heavy atom. The van der Waals surface area contributed by atoms with Crippen molar-refractivity contribution in [3.63, 3.8) is 0 Å². The molecule has 39 heavy (non-hydrogen) atoms. The van der Waals surface area contributed by atoms with E-state index in [1.54, 1.807) is 0 Å². The van der Waals surface area contributed by atoms with Gasteiger partial charge in [0.2, 0.25) is 0 Å². The quantitative estimate of drug-likeness (QED) is 0.230. The summed E-state index contributed by atoms with van der Waals surface area (Å²) in [6.07, 6.45) is 4.75. The number of hydrogen-bond acceptors (Lipinski definition) is 3. The lowest BCUT2D eigenvalue weighted by atomic mass is 9.85. The van der Waals surface area contributed by atoms with E-state index in [2.05, 4.69) is 86.5 Å². The van der Waals surface area contributed by atoms with Crippen molar-refractivity contribution in [3.05, 3.63) is 84.0 Å². The Hall–Kier alpha value is -1.63. The molecule has 6 heteroatoms. The number of benzene rings is 2. The van der Waals surface area contributed by atoms with Gasteiger partial charge in [0, 0.05) is 12.0 Å². The van der Waals surface area contributed by atoms with Gasteiger partial charge >= 0.3 is 7.80 Å². The minimum Gasteiger partial charge on any atom is -0.413 e. The van der Waals surface area contributed by atoms with E-state index in [4.69, 9.17) is 8.85 Å². The average Bonchev–Trinajstić information content (AvgIpc) is 2.83. The van der Waals surface area contributed by atoms with Gasteiger partial charge < -0.3 is 8.85 Å². The normalized spacial score (nSPS) is 20.8. The first-order valence-corrected chi connectivity index (χ1v) is 21.3. The molecule has 0 N–H and O–H groups in total. The Bertz CT molecular complexity index is 1200. The SMILES string of the molecule is C=C1C(=CCc2ccccc2[P+](=O)c2ccccc2)C[C@H](O[Si](C)(C)C(C)(C)C)C[C@H]1O[Si](C)(C)C(C)(C)C. The largest absolute Gasteiger partial charge is 0.415 e. The zero-order chi connectivity index (χ0) is 29.2. The molecule has 1 aliphatic carbocycles. The zero-order valence-corrected chi connectivity index (χ0v) is 28.8. The van der Waals surface area contributed by atoms with Crippen LogP contribution in [-0.4, -0.2) is 28.8 Å². The van der Waals surface area contributed by atoms with Crippen LogP contribution in [0.1, 0.15) is 59.9 Å². The molecule has 1 unspecified atom stereocenters. The maximum Gasteiger partial charge on any atom is 0.415 e. The van der Waals surface area contributed by atoms with Gasteiger partial charge in [0.15, 0.2) is 27.2 Å². The minimum absolute atomic E-state index is 0.0446. The Morgan fingerprint density at radius 3 is 2.00 bits per heavy atom. The highest BCUT2D eigenvalue weighted by atomic mass is 31.1. The molecule has 2 aromatic rings. The van der Waals surface area contributed by atoms with Crippen molar-refractivity contribution in [3.8, 4) is 0 Å². The lowest BCUT2D eigenvalue weighted by molar-refractivity contribution is 0.0968. The summed E-state index contributed by atoms with van der Waals surface area (Å²) in [6.45, 7) is 27.6. The van der Waals surface area contributed by atoms with Crippen molar-refractivity contribution in [2.24, 2.45) is 0 Å². The van der Waals surface area contributed by atoms with E-state index < -0.39 is 24.4 Å². The first-order chi connectivity index (χ1) is 17.9. The minimum atomic E-state index is -2.01. The van der Waals surface area contributed by atoms with Crippen LogP contribution in [0.5, 0.6) is 0 Å². The monoisotopic (exact) mass is 581 g/mol. The molecular formula is C33H50O3PSi2+. The van der Waals surface area contributed by atoms with E-state index in [0.29, 0.717) is 6.42 Å². The number of hydrogen-bond donors (Lipinski definition) is 0. The van der Waals surface area contributed by atoms with E-state index in [0.717, 1.165) is 34.6 Å². The molecule has 212 valence electrons. The number of rotatable bonds is 8. The van der Waals surface area contributed by atoms with Crippen LogP contribution in [0.4, 0.5) is 0 Å². The molecule has 0 aromatic heterocycles. The first kappa shape index (κ1) is 31.9. The zero-order valence-electron chi connectivity index (χ0n) is 25.9. The van der Waals surface area contributed by atoms with Crippen molar-refractivity contribution in [1.82, 2.24) is 0 Å². The molecule has 0 radical (unpaired) electrons. The highest BCUT2D eigenvalue weighted by Crippen LogP contribution is 2.44. The summed E-state index contributed by atoms with van der Waals surface area (Å²) in [7, 11) is -5.62. The van der Waals surface area contributed by atoms with E-state index in [1.807, 2.05) is 48.5 Å². The summed E-state index contributed by atoms with van der Waals surface area (Å²) in [5.41, 5.74) is 3.40. The van der Waals surface area contributed by atoms with Gasteiger partial charge in [-0.1, -0.05) is 95.2 Å². The Kier molecular flexibility index (Phi) is 9.88. The van der Waals surface area contributed by atoms with Crippen LogP contribution in [0.15, 0.2) is 78.4 Å². The fourth-order valence-corrected chi connectivity index (χ4v) is 8.45. The van der Waals surface area contributed by atoms with Crippen LogP contribution in [0.2, 0.25) is 36.3 Å². The maximum absolute atomic E-state index is 13.5. The molecule has 1 saturated carbocycles. The van der Waals surface area contributed by atoms with Crippen molar-refractivity contribution in [2.45, 2.75) is 109 Å². The highest BCUT2D eigenvalue weighted by molar-refractivity contribution is 7.61. The molecule has 0 amide bonds. The predicted molar refractivity (Wildman–Crippen MR) is 174 cm³/mol. The van der Waals surface area contributed by atoms with Gasteiger partial charge in [0.05, 0.1) is 12.2 Å². The molecule has 0 spiro atoms. The summed E-state index contributed by atoms with van der Waals surface area (Å²) in [5.74, 6) is 0. The van der Waals surface area contributed by atoms with Crippen LogP contribution >= 0.6 is 7.80 Å². The number of allylic oxidation sites excluding steroid dienone is 1.